The second-order valence-electron chi connectivity index (χ2n) is 5.62. The summed E-state index contributed by atoms with van der Waals surface area (Å²) >= 11 is 0. The van der Waals surface area contributed by atoms with Crippen LogP contribution in [-0.2, 0) is 5.54 Å². The minimum absolute atomic E-state index is 0.324. The van der Waals surface area contributed by atoms with Crippen molar-refractivity contribution >= 4 is 11.0 Å². The quantitative estimate of drug-likeness (QED) is 0.907. The van der Waals surface area contributed by atoms with Crippen molar-refractivity contribution in [1.29, 1.82) is 0 Å². The Morgan fingerprint density at radius 2 is 1.95 bits per heavy atom. The number of nitrogens with two attached hydrogens (primary N) is 1. The normalized spacial score (nSPS) is 12.3. The average molecular weight is 275 g/mol. The zero-order valence-electron chi connectivity index (χ0n) is 13.1. The Bertz CT molecular complexity index is 597. The molecule has 0 bridgehead atoms. The molecule has 1 aromatic heterocycles. The first-order valence-corrected chi connectivity index (χ1v) is 7.32. The molecule has 20 heavy (non-hydrogen) atoms. The number of hydrogen-bond acceptors (Lipinski definition) is 3. The van der Waals surface area contributed by atoms with Gasteiger partial charge in [0, 0.05) is 12.1 Å². The molecule has 4 nitrogen and oxygen atoms in total. The van der Waals surface area contributed by atoms with E-state index in [0.717, 1.165) is 35.4 Å². The predicted molar refractivity (Wildman–Crippen MR) is 83.1 cm³/mol. The highest BCUT2D eigenvalue weighted by atomic mass is 16.5. The Morgan fingerprint density at radius 3 is 2.45 bits per heavy atom. The van der Waals surface area contributed by atoms with Crippen LogP contribution in [0.25, 0.3) is 11.0 Å². The summed E-state index contributed by atoms with van der Waals surface area (Å²) in [5, 5.41) is 0. The maximum atomic E-state index is 6.58. The molecule has 0 aliphatic heterocycles. The van der Waals surface area contributed by atoms with Gasteiger partial charge in [0.2, 0.25) is 0 Å². The molecular weight excluding hydrogens is 250 g/mol. The van der Waals surface area contributed by atoms with Crippen LogP contribution in [-0.4, -0.2) is 16.7 Å². The van der Waals surface area contributed by atoms with Crippen LogP contribution in [0.4, 0.5) is 0 Å². The molecule has 0 unspecified atom stereocenters. The first-order valence-electron chi connectivity index (χ1n) is 7.32. The van der Waals surface area contributed by atoms with Gasteiger partial charge in [0.05, 0.1) is 23.7 Å². The molecule has 4 heteroatoms. The van der Waals surface area contributed by atoms with E-state index < -0.39 is 0 Å². The first kappa shape index (κ1) is 14.9. The molecule has 2 aromatic rings. The Labute approximate surface area is 120 Å². The average Bonchev–Trinajstić information content (AvgIpc) is 2.85. The summed E-state index contributed by atoms with van der Waals surface area (Å²) in [4.78, 5) is 4.81. The summed E-state index contributed by atoms with van der Waals surface area (Å²) in [5.74, 6) is 1.80. The molecule has 110 valence electrons. The smallest absolute Gasteiger partial charge is 0.130 e. The minimum Gasteiger partial charge on any atom is -0.497 e. The van der Waals surface area contributed by atoms with Gasteiger partial charge in [0.1, 0.15) is 11.6 Å². The summed E-state index contributed by atoms with van der Waals surface area (Å²) in [5.41, 5.74) is 8.26. The summed E-state index contributed by atoms with van der Waals surface area (Å²) in [6, 6.07) is 6.34. The van der Waals surface area contributed by atoms with Crippen molar-refractivity contribution in [1.82, 2.24) is 9.55 Å². The predicted octanol–water partition coefficient (Wildman–Crippen LogP) is 3.60. The molecule has 2 rings (SSSR count). The minimum atomic E-state index is -0.378. The lowest BCUT2D eigenvalue weighted by atomic mass is 9.93. The molecule has 0 saturated heterocycles. The summed E-state index contributed by atoms with van der Waals surface area (Å²) in [7, 11) is 1.67. The van der Waals surface area contributed by atoms with Crippen LogP contribution in [0.5, 0.6) is 5.75 Å². The lowest BCUT2D eigenvalue weighted by Crippen LogP contribution is -2.38. The fourth-order valence-corrected chi connectivity index (χ4v) is 2.65. The van der Waals surface area contributed by atoms with Crippen molar-refractivity contribution in [2.45, 2.75) is 52.1 Å². The zero-order chi connectivity index (χ0) is 14.9. The zero-order valence-corrected chi connectivity index (χ0v) is 13.1. The highest BCUT2D eigenvalue weighted by molar-refractivity contribution is 5.78. The first-order chi connectivity index (χ1) is 9.46. The van der Waals surface area contributed by atoms with E-state index in [1.165, 1.54) is 0 Å². The van der Waals surface area contributed by atoms with Gasteiger partial charge in [-0.25, -0.2) is 4.98 Å². The highest BCUT2D eigenvalue weighted by Crippen LogP contribution is 2.32. The number of fused-ring (bicyclic) bond motifs is 1. The Morgan fingerprint density at radius 1 is 1.30 bits per heavy atom. The Hall–Kier alpha value is -1.55. The summed E-state index contributed by atoms with van der Waals surface area (Å²) in [6.07, 6.45) is 1.74. The number of hydrogen-bond donors (Lipinski definition) is 1. The van der Waals surface area contributed by atoms with Crippen LogP contribution in [0.3, 0.4) is 0 Å². The van der Waals surface area contributed by atoms with E-state index in [2.05, 4.69) is 38.3 Å². The van der Waals surface area contributed by atoms with Gasteiger partial charge in [-0.3, -0.25) is 0 Å². The number of ether oxygens (including phenoxy) is 1. The van der Waals surface area contributed by atoms with Crippen LogP contribution < -0.4 is 10.5 Å². The van der Waals surface area contributed by atoms with E-state index in [1.54, 1.807) is 7.11 Å². The second-order valence-corrected chi connectivity index (χ2v) is 5.62. The fourth-order valence-electron chi connectivity index (χ4n) is 2.65. The third kappa shape index (κ3) is 2.29. The van der Waals surface area contributed by atoms with Crippen molar-refractivity contribution < 1.29 is 4.74 Å². The molecule has 0 fully saturated rings. The molecule has 0 spiro atoms. The van der Waals surface area contributed by atoms with Crippen LogP contribution in [0.2, 0.25) is 0 Å². The Kier molecular flexibility index (Phi) is 4.04. The van der Waals surface area contributed by atoms with Gasteiger partial charge < -0.3 is 15.0 Å². The number of rotatable bonds is 5. The number of benzene rings is 1. The molecule has 0 atom stereocenters. The van der Waals surface area contributed by atoms with Crippen LogP contribution >= 0.6 is 0 Å². The fraction of sp³-hybridized carbons (Fsp3) is 0.562. The third-order valence-electron chi connectivity index (χ3n) is 4.12. The maximum absolute atomic E-state index is 6.58. The highest BCUT2D eigenvalue weighted by Gasteiger charge is 2.30. The number of methoxy groups -OCH3 is 1. The largest absolute Gasteiger partial charge is 0.497 e. The van der Waals surface area contributed by atoms with Gasteiger partial charge in [-0.15, -0.1) is 0 Å². The number of imidazole rings is 1. The SMILES string of the molecule is CCC(N)(CC)c1nc2cc(OC)ccc2n1C(C)C. The molecule has 0 aliphatic rings. The lowest BCUT2D eigenvalue weighted by Gasteiger charge is -2.28. The van der Waals surface area contributed by atoms with Crippen molar-refractivity contribution in [3.63, 3.8) is 0 Å². The van der Waals surface area contributed by atoms with E-state index >= 15 is 0 Å². The van der Waals surface area contributed by atoms with Crippen LogP contribution in [0.15, 0.2) is 18.2 Å². The molecule has 1 heterocycles. The topological polar surface area (TPSA) is 53.1 Å². The molecule has 0 amide bonds. The van der Waals surface area contributed by atoms with Crippen molar-refractivity contribution in [2.75, 3.05) is 7.11 Å². The third-order valence-corrected chi connectivity index (χ3v) is 4.12. The Balaban J connectivity index is 2.73. The van der Waals surface area contributed by atoms with E-state index in [0.29, 0.717) is 6.04 Å². The van der Waals surface area contributed by atoms with Crippen molar-refractivity contribution in [3.8, 4) is 5.75 Å². The molecule has 2 N–H and O–H groups in total. The van der Waals surface area contributed by atoms with Gasteiger partial charge in [0.25, 0.3) is 0 Å². The molecule has 1 aromatic carbocycles. The second kappa shape index (κ2) is 5.44. The van der Waals surface area contributed by atoms with Gasteiger partial charge in [-0.2, -0.15) is 0 Å². The molecular formula is C16H25N3O. The van der Waals surface area contributed by atoms with E-state index in [1.807, 2.05) is 12.1 Å². The van der Waals surface area contributed by atoms with Crippen LogP contribution in [0.1, 0.15) is 52.4 Å². The molecule has 0 radical (unpaired) electrons. The number of aromatic nitrogens is 2. The molecule has 0 aliphatic carbocycles. The standard InChI is InChI=1S/C16H25N3O/c1-6-16(17,7-2)15-18-13-10-12(20-5)8-9-14(13)19(15)11(3)4/h8-11H,6-7,17H2,1-5H3. The van der Waals surface area contributed by atoms with Gasteiger partial charge >= 0.3 is 0 Å². The maximum Gasteiger partial charge on any atom is 0.130 e. The van der Waals surface area contributed by atoms with E-state index in [4.69, 9.17) is 15.5 Å². The lowest BCUT2D eigenvalue weighted by molar-refractivity contribution is 0.362. The van der Waals surface area contributed by atoms with Crippen LogP contribution in [0, 0.1) is 0 Å². The van der Waals surface area contributed by atoms with Gasteiger partial charge in [-0.1, -0.05) is 13.8 Å². The number of nitrogens with zero attached hydrogens (tertiary/aromatic N) is 2. The summed E-state index contributed by atoms with van der Waals surface area (Å²) in [6.45, 7) is 8.57. The van der Waals surface area contributed by atoms with E-state index in [-0.39, 0.29) is 5.54 Å². The van der Waals surface area contributed by atoms with Crippen molar-refractivity contribution in [2.24, 2.45) is 5.73 Å². The monoisotopic (exact) mass is 275 g/mol. The molecule has 0 saturated carbocycles. The van der Waals surface area contributed by atoms with Crippen molar-refractivity contribution in [3.05, 3.63) is 24.0 Å². The summed E-state index contributed by atoms with van der Waals surface area (Å²) < 4.78 is 7.54. The van der Waals surface area contributed by atoms with Gasteiger partial charge in [-0.05, 0) is 38.8 Å². The van der Waals surface area contributed by atoms with E-state index in [9.17, 15) is 0 Å². The van der Waals surface area contributed by atoms with Gasteiger partial charge in [0.15, 0.2) is 0 Å².